The third-order valence-corrected chi connectivity index (χ3v) is 5.11. The summed E-state index contributed by atoms with van der Waals surface area (Å²) in [6.07, 6.45) is 3.25. The van der Waals surface area contributed by atoms with E-state index in [-0.39, 0.29) is 12.5 Å². The lowest BCUT2D eigenvalue weighted by molar-refractivity contribution is -0.117. The molecule has 8 heteroatoms. The summed E-state index contributed by atoms with van der Waals surface area (Å²) in [5, 5.41) is 0.755. The molecule has 0 saturated carbocycles. The van der Waals surface area contributed by atoms with E-state index in [0.717, 1.165) is 10.9 Å². The Kier molecular flexibility index (Phi) is 6.66. The molecule has 0 atom stereocenters. The van der Waals surface area contributed by atoms with Crippen molar-refractivity contribution in [3.8, 4) is 23.1 Å². The van der Waals surface area contributed by atoms with Gasteiger partial charge < -0.3 is 24.8 Å². The molecule has 0 saturated heterocycles. The van der Waals surface area contributed by atoms with Crippen LogP contribution < -0.4 is 24.8 Å². The van der Waals surface area contributed by atoms with E-state index in [1.165, 1.54) is 0 Å². The molecule has 0 radical (unpaired) electrons. The van der Waals surface area contributed by atoms with Crippen LogP contribution >= 0.6 is 0 Å². The molecule has 2 N–H and O–H groups in total. The number of nitrogens with two attached hydrogens (primary N) is 1. The van der Waals surface area contributed by atoms with Crippen LogP contribution in [0.2, 0.25) is 0 Å². The second-order valence-corrected chi connectivity index (χ2v) is 7.16. The Bertz CT molecular complexity index is 1250. The van der Waals surface area contributed by atoms with Crippen molar-refractivity contribution in [1.29, 1.82) is 0 Å². The fraction of sp³-hybridized carbons (Fsp3) is 0.160. The van der Waals surface area contributed by atoms with Crippen molar-refractivity contribution < 1.29 is 19.0 Å². The number of rotatable bonds is 8. The first-order chi connectivity index (χ1) is 16.1. The Balaban J connectivity index is 1.60. The Hall–Kier alpha value is -4.17. The quantitative estimate of drug-likeness (QED) is 0.439. The van der Waals surface area contributed by atoms with Gasteiger partial charge in [-0.3, -0.25) is 9.78 Å². The topological polar surface area (TPSA) is 99.8 Å². The molecular formula is C25H24N4O4. The van der Waals surface area contributed by atoms with Crippen LogP contribution in [0.4, 0.5) is 5.69 Å². The number of pyridine rings is 2. The average Bonchev–Trinajstić information content (AvgIpc) is 2.87. The summed E-state index contributed by atoms with van der Waals surface area (Å²) in [5.74, 6) is 1.90. The fourth-order valence-corrected chi connectivity index (χ4v) is 3.44. The minimum absolute atomic E-state index is 0.0978. The van der Waals surface area contributed by atoms with Crippen molar-refractivity contribution in [1.82, 2.24) is 9.97 Å². The molecule has 0 bridgehead atoms. The van der Waals surface area contributed by atoms with Gasteiger partial charge in [0, 0.05) is 23.7 Å². The van der Waals surface area contributed by atoms with E-state index in [2.05, 4.69) is 9.97 Å². The van der Waals surface area contributed by atoms with Crippen molar-refractivity contribution in [2.45, 2.75) is 6.54 Å². The second-order valence-electron chi connectivity index (χ2n) is 7.16. The molecule has 0 spiro atoms. The lowest BCUT2D eigenvalue weighted by Gasteiger charge is -2.22. The van der Waals surface area contributed by atoms with Crippen molar-refractivity contribution in [2.75, 3.05) is 25.7 Å². The van der Waals surface area contributed by atoms with Gasteiger partial charge in [-0.25, -0.2) is 4.98 Å². The smallest absolute Gasteiger partial charge is 0.241 e. The van der Waals surface area contributed by atoms with Crippen LogP contribution in [-0.4, -0.2) is 36.6 Å². The third-order valence-electron chi connectivity index (χ3n) is 5.11. The molecule has 4 aromatic rings. The van der Waals surface area contributed by atoms with Crippen LogP contribution in [0.15, 0.2) is 73.1 Å². The van der Waals surface area contributed by atoms with E-state index in [1.54, 1.807) is 55.8 Å². The monoisotopic (exact) mass is 444 g/mol. The second kappa shape index (κ2) is 9.97. The summed E-state index contributed by atoms with van der Waals surface area (Å²) in [6, 6.07) is 18.6. The van der Waals surface area contributed by atoms with Crippen molar-refractivity contribution in [2.24, 2.45) is 5.73 Å². The lowest BCUT2D eigenvalue weighted by atomic mass is 10.2. The van der Waals surface area contributed by atoms with Gasteiger partial charge in [0.05, 0.1) is 44.7 Å². The van der Waals surface area contributed by atoms with Crippen LogP contribution in [0.5, 0.6) is 23.1 Å². The molecule has 4 rings (SSSR count). The molecule has 1 amide bonds. The number of carbonyl (C=O) groups is 1. The maximum atomic E-state index is 12.5. The zero-order valence-electron chi connectivity index (χ0n) is 18.4. The van der Waals surface area contributed by atoms with E-state index in [1.807, 2.05) is 36.4 Å². The lowest BCUT2D eigenvalue weighted by Crippen LogP contribution is -2.35. The van der Waals surface area contributed by atoms with Gasteiger partial charge in [-0.05, 0) is 23.8 Å². The Morgan fingerprint density at radius 1 is 0.939 bits per heavy atom. The number of hydrogen-bond acceptors (Lipinski definition) is 7. The normalized spacial score (nSPS) is 10.6. The summed E-state index contributed by atoms with van der Waals surface area (Å²) in [5.41, 5.74) is 7.96. The van der Waals surface area contributed by atoms with Crippen molar-refractivity contribution in [3.63, 3.8) is 0 Å². The summed E-state index contributed by atoms with van der Waals surface area (Å²) in [6.45, 7) is 0.300. The predicted molar refractivity (Wildman–Crippen MR) is 126 cm³/mol. The van der Waals surface area contributed by atoms with Gasteiger partial charge in [0.2, 0.25) is 11.8 Å². The van der Waals surface area contributed by atoms with Gasteiger partial charge in [0.1, 0.15) is 5.75 Å². The average molecular weight is 444 g/mol. The third kappa shape index (κ3) is 4.86. The molecule has 168 valence electrons. The predicted octanol–water partition coefficient (Wildman–Crippen LogP) is 3.93. The summed E-state index contributed by atoms with van der Waals surface area (Å²) in [7, 11) is 3.15. The minimum atomic E-state index is -0.199. The number of hydrogen-bond donors (Lipinski definition) is 1. The van der Waals surface area contributed by atoms with Gasteiger partial charge in [0.15, 0.2) is 11.5 Å². The highest BCUT2D eigenvalue weighted by molar-refractivity contribution is 5.94. The molecule has 33 heavy (non-hydrogen) atoms. The van der Waals surface area contributed by atoms with E-state index in [4.69, 9.17) is 19.9 Å². The van der Waals surface area contributed by atoms with Gasteiger partial charge in [-0.15, -0.1) is 0 Å². The number of methoxy groups -OCH3 is 2. The number of carbonyl (C=O) groups excluding carboxylic acids is 1. The van der Waals surface area contributed by atoms with Crippen LogP contribution in [0, 0.1) is 0 Å². The van der Waals surface area contributed by atoms with Crippen molar-refractivity contribution in [3.05, 3.63) is 78.6 Å². The van der Waals surface area contributed by atoms with Crippen molar-refractivity contribution >= 4 is 22.5 Å². The van der Waals surface area contributed by atoms with E-state index in [9.17, 15) is 4.79 Å². The Morgan fingerprint density at radius 3 is 2.36 bits per heavy atom. The number of aromatic nitrogens is 2. The molecule has 2 aromatic heterocycles. The fourth-order valence-electron chi connectivity index (χ4n) is 3.44. The number of benzene rings is 2. The minimum Gasteiger partial charge on any atom is -0.493 e. The molecule has 0 aliphatic heterocycles. The molecule has 0 unspecified atom stereocenters. The number of nitrogens with zero attached hydrogens (tertiary/aromatic N) is 3. The summed E-state index contributed by atoms with van der Waals surface area (Å²) < 4.78 is 16.8. The highest BCUT2D eigenvalue weighted by Gasteiger charge is 2.16. The van der Waals surface area contributed by atoms with Crippen LogP contribution in [0.25, 0.3) is 10.9 Å². The van der Waals surface area contributed by atoms with Gasteiger partial charge in [-0.2, -0.15) is 0 Å². The molecule has 0 fully saturated rings. The number of anilines is 1. The van der Waals surface area contributed by atoms with Gasteiger partial charge in [-0.1, -0.05) is 30.3 Å². The number of amides is 1. The van der Waals surface area contributed by atoms with E-state index in [0.29, 0.717) is 40.9 Å². The van der Waals surface area contributed by atoms with Gasteiger partial charge >= 0.3 is 0 Å². The highest BCUT2D eigenvalue weighted by atomic mass is 16.5. The van der Waals surface area contributed by atoms with Crippen LogP contribution in [0.3, 0.4) is 0 Å². The number of fused-ring (bicyclic) bond motifs is 1. The van der Waals surface area contributed by atoms with Crippen LogP contribution in [0.1, 0.15) is 5.56 Å². The zero-order chi connectivity index (χ0) is 23.2. The van der Waals surface area contributed by atoms with E-state index < -0.39 is 0 Å². The standard InChI is InChI=1S/C25H24N4O4/c1-31-22-12-19-20(13-23(22)32-2)27-11-10-21(19)33-24-9-8-18(15-28-24)29(25(30)14-26)16-17-6-4-3-5-7-17/h3-13,15H,14,16,26H2,1-2H3. The molecular weight excluding hydrogens is 420 g/mol. The maximum Gasteiger partial charge on any atom is 0.241 e. The largest absolute Gasteiger partial charge is 0.493 e. The van der Waals surface area contributed by atoms with Gasteiger partial charge in [0.25, 0.3) is 0 Å². The molecule has 8 nitrogen and oxygen atoms in total. The Morgan fingerprint density at radius 2 is 1.70 bits per heavy atom. The molecule has 2 aromatic carbocycles. The first kappa shape index (κ1) is 22.0. The number of ether oxygens (including phenoxy) is 3. The first-order valence-corrected chi connectivity index (χ1v) is 10.3. The first-order valence-electron chi connectivity index (χ1n) is 10.3. The maximum absolute atomic E-state index is 12.5. The summed E-state index contributed by atoms with van der Waals surface area (Å²) >= 11 is 0. The molecule has 0 aliphatic rings. The van der Waals surface area contributed by atoms with Crippen LogP contribution in [-0.2, 0) is 11.3 Å². The zero-order valence-corrected chi connectivity index (χ0v) is 18.4. The molecule has 2 heterocycles. The SMILES string of the molecule is COc1cc2nccc(Oc3ccc(N(Cc4ccccc4)C(=O)CN)cn3)c2cc1OC. The highest BCUT2D eigenvalue weighted by Crippen LogP contribution is 2.36. The summed E-state index contributed by atoms with van der Waals surface area (Å²) in [4.78, 5) is 22.9. The molecule has 0 aliphatic carbocycles. The Labute approximate surface area is 191 Å². The van der Waals surface area contributed by atoms with E-state index >= 15 is 0 Å².